The van der Waals surface area contributed by atoms with Crippen LogP contribution in [-0.4, -0.2) is 23.0 Å². The molecule has 0 aliphatic carbocycles. The predicted molar refractivity (Wildman–Crippen MR) is 70.7 cm³/mol. The van der Waals surface area contributed by atoms with E-state index >= 15 is 0 Å². The van der Waals surface area contributed by atoms with Gasteiger partial charge in [0.25, 0.3) is 5.91 Å². The smallest absolute Gasteiger partial charge is 0.253 e. The molecule has 0 saturated carbocycles. The van der Waals surface area contributed by atoms with Crippen molar-refractivity contribution in [3.05, 3.63) is 71.8 Å². The zero-order valence-electron chi connectivity index (χ0n) is 10.1. The van der Waals surface area contributed by atoms with Crippen molar-refractivity contribution in [1.29, 1.82) is 0 Å². The molecule has 0 aliphatic rings. The molecule has 0 spiro atoms. The molecule has 4 nitrogen and oxygen atoms in total. The van der Waals surface area contributed by atoms with Crippen molar-refractivity contribution in [1.82, 2.24) is 5.32 Å². The van der Waals surface area contributed by atoms with Gasteiger partial charge in [-0.15, -0.1) is 0 Å². The first kappa shape index (κ1) is 13.0. The highest BCUT2D eigenvalue weighted by molar-refractivity contribution is 6.03. The lowest BCUT2D eigenvalue weighted by atomic mass is 10.1. The predicted octanol–water partition coefficient (Wildman–Crippen LogP) is 1.62. The number of nitrogens with one attached hydrogen (secondary N) is 1. The van der Waals surface area contributed by atoms with Crippen molar-refractivity contribution in [3.8, 4) is 0 Å². The third-order valence-corrected chi connectivity index (χ3v) is 2.61. The fourth-order valence-corrected chi connectivity index (χ4v) is 1.62. The summed E-state index contributed by atoms with van der Waals surface area (Å²) in [4.78, 5) is 23.6. The molecular weight excluding hydrogens is 242 g/mol. The number of ketones is 1. The van der Waals surface area contributed by atoms with Gasteiger partial charge < -0.3 is 10.4 Å². The second-order valence-corrected chi connectivity index (χ2v) is 3.97. The second-order valence-electron chi connectivity index (χ2n) is 3.97. The average molecular weight is 255 g/mol. The maximum atomic E-state index is 11.8. The maximum Gasteiger partial charge on any atom is 0.253 e. The molecule has 0 unspecified atom stereocenters. The summed E-state index contributed by atoms with van der Waals surface area (Å²) < 4.78 is 0. The van der Waals surface area contributed by atoms with E-state index in [0.29, 0.717) is 11.1 Å². The Morgan fingerprint density at radius 2 is 1.32 bits per heavy atom. The van der Waals surface area contributed by atoms with Crippen LogP contribution in [0.2, 0.25) is 0 Å². The van der Waals surface area contributed by atoms with Crippen LogP contribution in [0.4, 0.5) is 0 Å². The zero-order valence-corrected chi connectivity index (χ0v) is 10.1. The van der Waals surface area contributed by atoms with Crippen molar-refractivity contribution in [2.45, 2.75) is 6.23 Å². The number of hydrogen-bond donors (Lipinski definition) is 2. The van der Waals surface area contributed by atoms with Gasteiger partial charge in [0.2, 0.25) is 5.78 Å². The van der Waals surface area contributed by atoms with Crippen molar-refractivity contribution < 1.29 is 14.7 Å². The summed E-state index contributed by atoms with van der Waals surface area (Å²) in [6.07, 6.45) is -1.55. The number of carbonyl (C=O) groups is 2. The molecular formula is C15H13NO3. The molecule has 4 heteroatoms. The third kappa shape index (κ3) is 3.26. The summed E-state index contributed by atoms with van der Waals surface area (Å²) in [5, 5.41) is 12.0. The largest absolute Gasteiger partial charge is 0.367 e. The standard InChI is InChI=1S/C15H13NO3/c17-13(11-7-3-1-4-8-11)15(19)16-14(18)12-9-5-2-6-10-12/h1-10,15,19H,(H,16,18)/t15-/m1/s1. The minimum Gasteiger partial charge on any atom is -0.367 e. The van der Waals surface area contributed by atoms with Gasteiger partial charge in [-0.05, 0) is 12.1 Å². The number of amides is 1. The number of hydrogen-bond acceptors (Lipinski definition) is 3. The summed E-state index contributed by atoms with van der Waals surface area (Å²) in [6, 6.07) is 16.7. The van der Waals surface area contributed by atoms with Gasteiger partial charge in [-0.1, -0.05) is 48.5 Å². The monoisotopic (exact) mass is 255 g/mol. The first-order chi connectivity index (χ1) is 9.18. The van der Waals surface area contributed by atoms with Crippen LogP contribution in [0.15, 0.2) is 60.7 Å². The first-order valence-electron chi connectivity index (χ1n) is 5.82. The van der Waals surface area contributed by atoms with Crippen molar-refractivity contribution in [2.24, 2.45) is 0 Å². The number of carbonyl (C=O) groups excluding carboxylic acids is 2. The average Bonchev–Trinajstić information content (AvgIpc) is 2.48. The highest BCUT2D eigenvalue weighted by Gasteiger charge is 2.19. The van der Waals surface area contributed by atoms with Crippen LogP contribution in [0.25, 0.3) is 0 Å². The Kier molecular flexibility index (Phi) is 4.05. The number of Topliss-reactive ketones (excluding diaryl/α,β-unsaturated/α-hetero) is 1. The molecule has 96 valence electrons. The highest BCUT2D eigenvalue weighted by Crippen LogP contribution is 2.04. The molecule has 2 rings (SSSR count). The highest BCUT2D eigenvalue weighted by atomic mass is 16.3. The van der Waals surface area contributed by atoms with Crippen LogP contribution in [0.3, 0.4) is 0 Å². The fraction of sp³-hybridized carbons (Fsp3) is 0.0667. The molecule has 2 aromatic rings. The van der Waals surface area contributed by atoms with E-state index in [1.807, 2.05) is 0 Å². The van der Waals surface area contributed by atoms with Gasteiger partial charge >= 0.3 is 0 Å². The molecule has 0 fully saturated rings. The van der Waals surface area contributed by atoms with E-state index in [-0.39, 0.29) is 0 Å². The van der Waals surface area contributed by atoms with E-state index in [4.69, 9.17) is 0 Å². The van der Waals surface area contributed by atoms with Gasteiger partial charge in [0.15, 0.2) is 6.23 Å². The van der Waals surface area contributed by atoms with Gasteiger partial charge in [0.05, 0.1) is 0 Å². The Labute approximate surface area is 110 Å². The Bertz CT molecular complexity index is 566. The van der Waals surface area contributed by atoms with Gasteiger partial charge in [-0.3, -0.25) is 9.59 Å². The summed E-state index contributed by atoms with van der Waals surface area (Å²) in [6.45, 7) is 0. The summed E-state index contributed by atoms with van der Waals surface area (Å²) >= 11 is 0. The molecule has 1 atom stereocenters. The van der Waals surface area contributed by atoms with E-state index in [9.17, 15) is 14.7 Å². The Morgan fingerprint density at radius 1 is 0.842 bits per heavy atom. The normalized spacial score (nSPS) is 11.6. The molecule has 19 heavy (non-hydrogen) atoms. The summed E-state index contributed by atoms with van der Waals surface area (Å²) in [7, 11) is 0. The summed E-state index contributed by atoms with van der Waals surface area (Å²) in [5.74, 6) is -1.03. The quantitative estimate of drug-likeness (QED) is 0.644. The molecule has 0 bridgehead atoms. The first-order valence-corrected chi connectivity index (χ1v) is 5.82. The Hall–Kier alpha value is -2.46. The van der Waals surface area contributed by atoms with Crippen LogP contribution >= 0.6 is 0 Å². The van der Waals surface area contributed by atoms with E-state index in [2.05, 4.69) is 5.32 Å². The lowest BCUT2D eigenvalue weighted by molar-refractivity contribution is 0.0607. The van der Waals surface area contributed by atoms with Gasteiger partial charge in [0, 0.05) is 11.1 Å². The number of aliphatic hydroxyl groups excluding tert-OH is 1. The molecule has 0 radical (unpaired) electrons. The van der Waals surface area contributed by atoms with Crippen LogP contribution in [0, 0.1) is 0 Å². The molecule has 0 aliphatic heterocycles. The van der Waals surface area contributed by atoms with Crippen LogP contribution in [0.5, 0.6) is 0 Å². The number of aliphatic hydroxyl groups is 1. The lowest BCUT2D eigenvalue weighted by Gasteiger charge is -2.11. The van der Waals surface area contributed by atoms with Crippen LogP contribution in [-0.2, 0) is 0 Å². The molecule has 0 aromatic heterocycles. The Balaban J connectivity index is 2.04. The van der Waals surface area contributed by atoms with Crippen LogP contribution < -0.4 is 5.32 Å². The molecule has 0 saturated heterocycles. The topological polar surface area (TPSA) is 66.4 Å². The molecule has 1 amide bonds. The number of benzene rings is 2. The van der Waals surface area contributed by atoms with E-state index in [1.54, 1.807) is 60.7 Å². The lowest BCUT2D eigenvalue weighted by Crippen LogP contribution is -2.40. The second kappa shape index (κ2) is 5.93. The van der Waals surface area contributed by atoms with Crippen molar-refractivity contribution in [2.75, 3.05) is 0 Å². The van der Waals surface area contributed by atoms with Crippen LogP contribution in [0.1, 0.15) is 20.7 Å². The molecule has 2 aromatic carbocycles. The zero-order chi connectivity index (χ0) is 13.7. The van der Waals surface area contributed by atoms with Gasteiger partial charge in [-0.25, -0.2) is 0 Å². The van der Waals surface area contributed by atoms with Gasteiger partial charge in [-0.2, -0.15) is 0 Å². The fourth-order valence-electron chi connectivity index (χ4n) is 1.62. The maximum absolute atomic E-state index is 11.8. The van der Waals surface area contributed by atoms with E-state index in [0.717, 1.165) is 0 Å². The van der Waals surface area contributed by atoms with Crippen molar-refractivity contribution in [3.63, 3.8) is 0 Å². The number of rotatable bonds is 4. The van der Waals surface area contributed by atoms with Gasteiger partial charge in [0.1, 0.15) is 0 Å². The molecule has 0 heterocycles. The molecule has 2 N–H and O–H groups in total. The third-order valence-electron chi connectivity index (χ3n) is 2.61. The van der Waals surface area contributed by atoms with E-state index < -0.39 is 17.9 Å². The minimum atomic E-state index is -1.55. The SMILES string of the molecule is O=C(N[C@H](O)C(=O)c1ccccc1)c1ccccc1. The summed E-state index contributed by atoms with van der Waals surface area (Å²) in [5.41, 5.74) is 0.741. The Morgan fingerprint density at radius 3 is 1.84 bits per heavy atom. The minimum absolute atomic E-state index is 0.350. The van der Waals surface area contributed by atoms with E-state index in [1.165, 1.54) is 0 Å². The van der Waals surface area contributed by atoms with Crippen molar-refractivity contribution >= 4 is 11.7 Å².